The Balaban J connectivity index is 0.00000421. The number of hydrogen-bond acceptors (Lipinski definition) is 5. The molecule has 0 bridgehead atoms. The average Bonchev–Trinajstić information content (AvgIpc) is 3.85. The second-order valence-electron chi connectivity index (χ2n) is 16.0. The van der Waals surface area contributed by atoms with Crippen LogP contribution in [0.5, 0.6) is 11.5 Å². The monoisotopic (exact) mass is 1010 g/mol. The van der Waals surface area contributed by atoms with Gasteiger partial charge in [0.15, 0.2) is 0 Å². The number of ether oxygens (including phenoxy) is 1. The molecule has 63 heavy (non-hydrogen) atoms. The Morgan fingerprint density at radius 3 is 1.95 bits per heavy atom. The van der Waals surface area contributed by atoms with Gasteiger partial charge in [-0.3, -0.25) is 0 Å². The molecule has 8 aromatic carbocycles. The molecular weight excluding hydrogens is 972 g/mol. The van der Waals surface area contributed by atoms with Crippen molar-refractivity contribution in [2.24, 2.45) is 0 Å². The summed E-state index contributed by atoms with van der Waals surface area (Å²) in [6, 6.07) is 72.6. The van der Waals surface area contributed by atoms with Crippen molar-refractivity contribution in [1.29, 1.82) is 0 Å². The molecule has 0 aliphatic carbocycles. The fraction of sp³-hybridized carbons (Fsp3) is 0.0357. The van der Waals surface area contributed by atoms with Crippen molar-refractivity contribution in [1.82, 2.24) is 9.55 Å². The number of nitrogens with zero attached hydrogens (tertiary/aromatic N) is 4. The first-order valence-corrected chi connectivity index (χ1v) is 21.7. The summed E-state index contributed by atoms with van der Waals surface area (Å²) in [5.74, 6) is 2.04. The maximum atomic E-state index is 6.86. The van der Waals surface area contributed by atoms with Gasteiger partial charge in [-0.15, -0.1) is 35.2 Å². The minimum absolute atomic E-state index is 0. The van der Waals surface area contributed by atoms with Crippen LogP contribution >= 0.6 is 11.8 Å². The Labute approximate surface area is 384 Å². The van der Waals surface area contributed by atoms with Crippen LogP contribution in [0.4, 0.5) is 17.1 Å². The summed E-state index contributed by atoms with van der Waals surface area (Å²) in [5.41, 5.74) is 14.2. The molecule has 304 valence electrons. The summed E-state index contributed by atoms with van der Waals surface area (Å²) in [6.07, 6.45) is 1.83. The Kier molecular flexibility index (Phi) is 8.79. The van der Waals surface area contributed by atoms with E-state index in [2.05, 4.69) is 198 Å². The normalized spacial score (nSPS) is 13.9. The van der Waals surface area contributed by atoms with E-state index in [1.165, 1.54) is 48.7 Å². The standard InChI is InChI=1S/C56H35N4OS.Pt/c1-58-35-59-49-34-39(61-38-28-30-43-42-19-8-9-23-46(42)60(48(43)33-38)52-27-10-11-32-57-52)29-31-44(49)56(45-22-14-24-47(58)55(45)59)53-40(36-15-4-2-5-16-36)20-12-25-50(53)62-51-26-13-21-41(54(51)56)37-17-6-3-7-18-37;/h2-32,35H,1H3;/q-3;. The van der Waals surface area contributed by atoms with Gasteiger partial charge in [-0.05, 0) is 87.8 Å². The molecule has 3 aliphatic heterocycles. The van der Waals surface area contributed by atoms with Crippen LogP contribution in [-0.4, -0.2) is 16.6 Å². The molecule has 0 atom stereocenters. The molecule has 3 aliphatic rings. The third-order valence-electron chi connectivity index (χ3n) is 12.7. The molecule has 13 rings (SSSR count). The van der Waals surface area contributed by atoms with Crippen molar-refractivity contribution in [2.75, 3.05) is 16.8 Å². The van der Waals surface area contributed by atoms with Gasteiger partial charge >= 0.3 is 0 Å². The third-order valence-corrected chi connectivity index (χ3v) is 13.8. The Morgan fingerprint density at radius 1 is 0.587 bits per heavy atom. The van der Waals surface area contributed by atoms with Gasteiger partial charge in [0.25, 0.3) is 0 Å². The summed E-state index contributed by atoms with van der Waals surface area (Å²) in [7, 11) is 2.13. The Hall–Kier alpha value is -6.85. The number of hydrogen-bond donors (Lipinski definition) is 0. The molecule has 7 heteroatoms. The molecule has 2 aromatic heterocycles. The minimum atomic E-state index is -0.741. The van der Waals surface area contributed by atoms with E-state index in [4.69, 9.17) is 9.72 Å². The zero-order chi connectivity index (χ0) is 40.9. The molecule has 1 spiro atoms. The number of benzene rings is 8. The van der Waals surface area contributed by atoms with Crippen LogP contribution in [0.25, 0.3) is 49.9 Å². The topological polar surface area (TPSA) is 33.5 Å². The van der Waals surface area contributed by atoms with E-state index in [0.29, 0.717) is 11.5 Å². The van der Waals surface area contributed by atoms with Crippen LogP contribution in [0, 0.1) is 18.8 Å². The van der Waals surface area contributed by atoms with E-state index >= 15 is 0 Å². The molecule has 0 saturated heterocycles. The molecule has 0 unspecified atom stereocenters. The molecule has 5 nitrogen and oxygen atoms in total. The maximum Gasteiger partial charge on any atom is 0.135 e. The third kappa shape index (κ3) is 5.51. The zero-order valence-corrected chi connectivity index (χ0v) is 37.0. The Morgan fingerprint density at radius 2 is 1.24 bits per heavy atom. The first-order valence-electron chi connectivity index (χ1n) is 20.8. The number of aromatic nitrogens is 2. The molecule has 5 heterocycles. The van der Waals surface area contributed by atoms with Crippen molar-refractivity contribution >= 4 is 50.6 Å². The SMILES string of the molecule is CN1[CH-]N2c3[c-]c(Oc4[c-]c5c(cc4)c4ccccc4n5-c4ccccn4)ccc3C3(c4cccc1c42)c1c(cccc1-c1ccccc1)Sc1cccc(-c2ccccc2)c13.[Pt]. The average molecular weight is 1010 g/mol. The molecule has 0 radical (unpaired) electrons. The van der Waals surface area contributed by atoms with Crippen LogP contribution in [0.3, 0.4) is 0 Å². The number of fused-ring (bicyclic) bond motifs is 11. The van der Waals surface area contributed by atoms with Gasteiger partial charge < -0.3 is 19.1 Å². The van der Waals surface area contributed by atoms with Gasteiger partial charge in [0.05, 0.1) is 0 Å². The summed E-state index contributed by atoms with van der Waals surface area (Å²) in [4.78, 5) is 11.8. The largest absolute Gasteiger partial charge is 0.509 e. The van der Waals surface area contributed by atoms with E-state index in [-0.39, 0.29) is 21.1 Å². The second-order valence-corrected chi connectivity index (χ2v) is 17.1. The maximum absolute atomic E-state index is 6.86. The molecule has 0 saturated carbocycles. The first kappa shape index (κ1) is 37.9. The van der Waals surface area contributed by atoms with Gasteiger partial charge in [-0.2, -0.15) is 18.8 Å². The van der Waals surface area contributed by atoms with Crippen LogP contribution in [0.1, 0.15) is 22.3 Å². The fourth-order valence-corrected chi connectivity index (χ4v) is 11.5. The summed E-state index contributed by atoms with van der Waals surface area (Å²) < 4.78 is 9.02. The Bertz CT molecular complexity index is 3340. The van der Waals surface area contributed by atoms with Gasteiger partial charge in [0.1, 0.15) is 5.82 Å². The van der Waals surface area contributed by atoms with Gasteiger partial charge in [0, 0.05) is 70.9 Å². The molecule has 0 N–H and O–H groups in total. The number of rotatable bonds is 5. The van der Waals surface area contributed by atoms with Gasteiger partial charge in [-0.1, -0.05) is 144 Å². The van der Waals surface area contributed by atoms with Crippen molar-refractivity contribution in [3.63, 3.8) is 0 Å². The summed E-state index contributed by atoms with van der Waals surface area (Å²) >= 11 is 1.87. The van der Waals surface area contributed by atoms with Crippen LogP contribution in [0.2, 0.25) is 0 Å². The van der Waals surface area contributed by atoms with E-state index in [1.807, 2.05) is 42.2 Å². The molecule has 10 aromatic rings. The first-order chi connectivity index (χ1) is 30.7. The van der Waals surface area contributed by atoms with Gasteiger partial charge in [-0.25, -0.2) is 4.98 Å². The zero-order valence-electron chi connectivity index (χ0n) is 33.9. The van der Waals surface area contributed by atoms with E-state index in [0.717, 1.165) is 50.2 Å². The van der Waals surface area contributed by atoms with E-state index < -0.39 is 5.41 Å². The minimum Gasteiger partial charge on any atom is -0.509 e. The van der Waals surface area contributed by atoms with Gasteiger partial charge in [0.2, 0.25) is 0 Å². The van der Waals surface area contributed by atoms with E-state index in [1.54, 1.807) is 0 Å². The molecule has 0 amide bonds. The summed E-state index contributed by atoms with van der Waals surface area (Å²) in [5, 5.41) is 2.23. The van der Waals surface area contributed by atoms with Crippen LogP contribution in [-0.2, 0) is 26.5 Å². The van der Waals surface area contributed by atoms with Crippen LogP contribution < -0.4 is 14.5 Å². The van der Waals surface area contributed by atoms with E-state index in [9.17, 15) is 0 Å². The van der Waals surface area contributed by atoms with Crippen molar-refractivity contribution < 1.29 is 25.8 Å². The fourth-order valence-electron chi connectivity index (χ4n) is 10.3. The molecule has 0 fully saturated rings. The van der Waals surface area contributed by atoms with Crippen LogP contribution in [0.15, 0.2) is 198 Å². The smallest absolute Gasteiger partial charge is 0.135 e. The molecular formula is C56H35N4OPtS-3. The predicted octanol–water partition coefficient (Wildman–Crippen LogP) is 13.8. The van der Waals surface area contributed by atoms with Crippen molar-refractivity contribution in [3.05, 3.63) is 229 Å². The van der Waals surface area contributed by atoms with Crippen molar-refractivity contribution in [2.45, 2.75) is 15.2 Å². The predicted molar refractivity (Wildman–Crippen MR) is 251 cm³/mol. The summed E-state index contributed by atoms with van der Waals surface area (Å²) in [6.45, 7) is 2.19. The van der Waals surface area contributed by atoms with Crippen molar-refractivity contribution in [3.8, 4) is 39.6 Å². The quantitative estimate of drug-likeness (QED) is 0.161. The second kappa shape index (κ2) is 14.6. The number of para-hydroxylation sites is 2. The number of anilines is 3. The number of pyridine rings is 1.